The molecule has 1 aliphatic rings. The number of anilines is 1. The van der Waals surface area contributed by atoms with Crippen LogP contribution in [0.3, 0.4) is 0 Å². The first-order chi connectivity index (χ1) is 14.1. The second-order valence-corrected chi connectivity index (χ2v) is 6.68. The number of nitroso groups, excluding NO2 is 1. The summed E-state index contributed by atoms with van der Waals surface area (Å²) in [7, 11) is 0. The smallest absolute Gasteiger partial charge is 0.289 e. The maximum atomic E-state index is 13.1. The first-order valence-electron chi connectivity index (χ1n) is 9.09. The molecule has 3 aromatic carbocycles. The van der Waals surface area contributed by atoms with Crippen LogP contribution in [0.25, 0.3) is 0 Å². The quantitative estimate of drug-likeness (QED) is 0.622. The van der Waals surface area contributed by atoms with Crippen LogP contribution in [0.5, 0.6) is 11.5 Å². The van der Waals surface area contributed by atoms with Crippen LogP contribution in [0, 0.1) is 4.91 Å². The molecule has 1 heterocycles. The molecule has 0 radical (unpaired) electrons. The third kappa shape index (κ3) is 3.68. The van der Waals surface area contributed by atoms with Gasteiger partial charge in [-0.15, -0.1) is 4.91 Å². The number of carbonyl (C=O) groups is 1. The van der Waals surface area contributed by atoms with Gasteiger partial charge < -0.3 is 9.47 Å². The largest absolute Gasteiger partial charge is 0.457 e. The van der Waals surface area contributed by atoms with Crippen molar-refractivity contribution in [2.24, 2.45) is 5.18 Å². The van der Waals surface area contributed by atoms with E-state index in [4.69, 9.17) is 9.47 Å². The monoisotopic (exact) mass is 389 g/mol. The number of amides is 1. The Hall–Kier alpha value is -3.71. The molecule has 29 heavy (non-hydrogen) atoms. The Bertz CT molecular complexity index is 996. The molecular formula is C22H19N3O4. The van der Waals surface area contributed by atoms with E-state index >= 15 is 0 Å². The highest BCUT2D eigenvalue weighted by molar-refractivity contribution is 5.89. The molecule has 1 amide bonds. The summed E-state index contributed by atoms with van der Waals surface area (Å²) in [5, 5.41) is 4.06. The summed E-state index contributed by atoms with van der Waals surface area (Å²) in [6.07, 6.45) is -1.28. The fraction of sp³-hybridized carbons (Fsp3) is 0.136. The van der Waals surface area contributed by atoms with Crippen LogP contribution in [0.4, 0.5) is 5.69 Å². The van der Waals surface area contributed by atoms with Gasteiger partial charge in [-0.05, 0) is 54.1 Å². The van der Waals surface area contributed by atoms with Gasteiger partial charge in [0.1, 0.15) is 11.5 Å². The first-order valence-corrected chi connectivity index (χ1v) is 9.09. The van der Waals surface area contributed by atoms with E-state index in [9.17, 15) is 9.70 Å². The van der Waals surface area contributed by atoms with Gasteiger partial charge in [-0.2, -0.15) is 0 Å². The number of para-hydroxylation sites is 2. The molecule has 0 spiro atoms. The van der Waals surface area contributed by atoms with Gasteiger partial charge in [0.05, 0.1) is 5.69 Å². The SMILES string of the molecule is CC1(c2ccc(Oc3ccccc3)cc2)OC(N=O)N(Nc2ccccc2)C1=O. The van der Waals surface area contributed by atoms with Gasteiger partial charge in [0.25, 0.3) is 12.3 Å². The minimum atomic E-state index is -1.36. The van der Waals surface area contributed by atoms with Crippen LogP contribution in [-0.4, -0.2) is 17.3 Å². The number of nitrogens with one attached hydrogen (secondary N) is 1. The van der Waals surface area contributed by atoms with Gasteiger partial charge in [0.2, 0.25) is 0 Å². The number of hydrogen-bond acceptors (Lipinski definition) is 6. The lowest BCUT2D eigenvalue weighted by atomic mass is 9.95. The summed E-state index contributed by atoms with van der Waals surface area (Å²) < 4.78 is 11.5. The van der Waals surface area contributed by atoms with Crippen molar-refractivity contribution in [3.05, 3.63) is 95.4 Å². The van der Waals surface area contributed by atoms with E-state index < -0.39 is 17.9 Å². The molecule has 4 rings (SSSR count). The number of rotatable bonds is 6. The molecule has 1 fully saturated rings. The molecule has 1 aliphatic heterocycles. The van der Waals surface area contributed by atoms with Crippen LogP contribution in [0.2, 0.25) is 0 Å². The Morgan fingerprint density at radius 1 is 0.931 bits per heavy atom. The zero-order chi connectivity index (χ0) is 20.3. The highest BCUT2D eigenvalue weighted by atomic mass is 16.6. The van der Waals surface area contributed by atoms with Crippen molar-refractivity contribution in [3.63, 3.8) is 0 Å². The van der Waals surface area contributed by atoms with Gasteiger partial charge in [-0.1, -0.05) is 48.5 Å². The lowest BCUT2D eigenvalue weighted by Gasteiger charge is -2.22. The van der Waals surface area contributed by atoms with E-state index in [1.165, 1.54) is 0 Å². The second-order valence-electron chi connectivity index (χ2n) is 6.68. The van der Waals surface area contributed by atoms with Crippen LogP contribution >= 0.6 is 0 Å². The molecule has 0 saturated carbocycles. The highest BCUT2D eigenvalue weighted by Crippen LogP contribution is 2.38. The average Bonchev–Trinajstić information content (AvgIpc) is 3.01. The number of hydrogen-bond donors (Lipinski definition) is 1. The van der Waals surface area contributed by atoms with Crippen molar-refractivity contribution >= 4 is 11.6 Å². The first kappa shape index (κ1) is 18.6. The van der Waals surface area contributed by atoms with Crippen LogP contribution in [0.1, 0.15) is 12.5 Å². The number of carbonyl (C=O) groups excluding carboxylic acids is 1. The summed E-state index contributed by atoms with van der Waals surface area (Å²) in [4.78, 5) is 24.4. The maximum Gasteiger partial charge on any atom is 0.289 e. The molecule has 0 aromatic heterocycles. The minimum absolute atomic E-state index is 0.414. The van der Waals surface area contributed by atoms with Crippen LogP contribution < -0.4 is 10.2 Å². The average molecular weight is 389 g/mol. The second kappa shape index (κ2) is 7.73. The molecule has 0 bridgehead atoms. The fourth-order valence-electron chi connectivity index (χ4n) is 3.13. The van der Waals surface area contributed by atoms with Crippen molar-refractivity contribution in [1.29, 1.82) is 0 Å². The van der Waals surface area contributed by atoms with Crippen molar-refractivity contribution < 1.29 is 14.3 Å². The Morgan fingerprint density at radius 2 is 1.52 bits per heavy atom. The lowest BCUT2D eigenvalue weighted by Crippen LogP contribution is -2.41. The standard InChI is InChI=1S/C22H19N3O4/c1-22(16-12-14-19(15-13-16)28-18-10-6-3-7-11-18)20(26)25(21(24-27)29-22)23-17-8-4-2-5-9-17/h2-15,21,23H,1H3. The Labute approximate surface area is 167 Å². The summed E-state index contributed by atoms with van der Waals surface area (Å²) in [5.41, 5.74) is 2.78. The molecule has 2 unspecified atom stereocenters. The van der Waals surface area contributed by atoms with Gasteiger partial charge in [-0.25, -0.2) is 5.01 Å². The molecule has 7 nitrogen and oxygen atoms in total. The Kier molecular flexibility index (Phi) is 4.97. The minimum Gasteiger partial charge on any atom is -0.457 e. The number of ether oxygens (including phenoxy) is 2. The Morgan fingerprint density at radius 3 is 2.14 bits per heavy atom. The molecule has 2 atom stereocenters. The third-order valence-corrected chi connectivity index (χ3v) is 4.69. The summed E-state index contributed by atoms with van der Waals surface area (Å²) in [6, 6.07) is 25.4. The molecule has 3 aromatic rings. The summed E-state index contributed by atoms with van der Waals surface area (Å²) in [5.74, 6) is 0.920. The third-order valence-electron chi connectivity index (χ3n) is 4.69. The predicted octanol–water partition coefficient (Wildman–Crippen LogP) is 4.63. The molecule has 1 N–H and O–H groups in total. The van der Waals surface area contributed by atoms with Crippen molar-refractivity contribution in [2.75, 3.05) is 5.43 Å². The van der Waals surface area contributed by atoms with E-state index in [0.717, 1.165) is 5.01 Å². The van der Waals surface area contributed by atoms with E-state index in [0.29, 0.717) is 22.7 Å². The highest BCUT2D eigenvalue weighted by Gasteiger charge is 2.52. The topological polar surface area (TPSA) is 80.2 Å². The predicted molar refractivity (Wildman–Crippen MR) is 108 cm³/mol. The van der Waals surface area contributed by atoms with Crippen LogP contribution in [-0.2, 0) is 15.1 Å². The van der Waals surface area contributed by atoms with Crippen LogP contribution in [0.15, 0.2) is 90.1 Å². The number of hydrazine groups is 1. The maximum absolute atomic E-state index is 13.1. The summed E-state index contributed by atoms with van der Waals surface area (Å²) in [6.45, 7) is 1.62. The number of benzene rings is 3. The molecular weight excluding hydrogens is 370 g/mol. The molecule has 7 heteroatoms. The Balaban J connectivity index is 1.55. The molecule has 1 saturated heterocycles. The van der Waals surface area contributed by atoms with E-state index in [1.54, 1.807) is 43.3 Å². The zero-order valence-corrected chi connectivity index (χ0v) is 15.7. The lowest BCUT2D eigenvalue weighted by molar-refractivity contribution is -0.135. The van der Waals surface area contributed by atoms with Crippen molar-refractivity contribution in [1.82, 2.24) is 5.01 Å². The number of nitrogens with zero attached hydrogens (tertiary/aromatic N) is 2. The van der Waals surface area contributed by atoms with Crippen molar-refractivity contribution in [3.8, 4) is 11.5 Å². The molecule has 146 valence electrons. The van der Waals surface area contributed by atoms with Gasteiger partial charge in [0, 0.05) is 0 Å². The van der Waals surface area contributed by atoms with E-state index in [-0.39, 0.29) is 0 Å². The van der Waals surface area contributed by atoms with Gasteiger partial charge in [0.15, 0.2) is 5.60 Å². The zero-order valence-electron chi connectivity index (χ0n) is 15.7. The van der Waals surface area contributed by atoms with E-state index in [1.807, 2.05) is 48.5 Å². The van der Waals surface area contributed by atoms with Gasteiger partial charge in [-0.3, -0.25) is 10.2 Å². The summed E-state index contributed by atoms with van der Waals surface area (Å²) >= 11 is 0. The fourth-order valence-corrected chi connectivity index (χ4v) is 3.13. The van der Waals surface area contributed by atoms with Gasteiger partial charge >= 0.3 is 0 Å². The van der Waals surface area contributed by atoms with E-state index in [2.05, 4.69) is 10.6 Å². The normalized spacial score (nSPS) is 21.1. The van der Waals surface area contributed by atoms with Crippen molar-refractivity contribution in [2.45, 2.75) is 18.9 Å². The molecule has 0 aliphatic carbocycles.